The molecule has 27 heavy (non-hydrogen) atoms. The third-order valence-corrected chi connectivity index (χ3v) is 4.55. The number of ether oxygens (including phenoxy) is 3. The van der Waals surface area contributed by atoms with Gasteiger partial charge in [0.15, 0.2) is 17.6 Å². The standard InChI is InChI=1S/C22H29NO4/c1-7-18(17-10-11-19(25-5)21(13-17)26-6)23-22(24)16(4)27-20-12-14(2)8-9-15(20)3/h8-13,16,18H,7H2,1-6H3,(H,23,24)/t16-,18+/m0/s1. The molecule has 2 aromatic rings. The Balaban J connectivity index is 2.11. The quantitative estimate of drug-likeness (QED) is 0.749. The van der Waals surface area contributed by atoms with E-state index < -0.39 is 6.10 Å². The van der Waals surface area contributed by atoms with Gasteiger partial charge in [-0.25, -0.2) is 0 Å². The zero-order valence-electron chi connectivity index (χ0n) is 17.0. The molecule has 5 nitrogen and oxygen atoms in total. The van der Waals surface area contributed by atoms with Crippen molar-refractivity contribution < 1.29 is 19.0 Å². The number of nitrogens with one attached hydrogen (secondary N) is 1. The number of methoxy groups -OCH3 is 2. The first-order valence-electron chi connectivity index (χ1n) is 9.15. The Morgan fingerprint density at radius 2 is 1.70 bits per heavy atom. The Bertz CT molecular complexity index is 788. The first kappa shape index (κ1) is 20.6. The number of hydrogen-bond acceptors (Lipinski definition) is 4. The van der Waals surface area contributed by atoms with Crippen molar-refractivity contribution in [1.82, 2.24) is 5.32 Å². The average Bonchev–Trinajstić information content (AvgIpc) is 2.68. The normalized spacial score (nSPS) is 12.8. The van der Waals surface area contributed by atoms with E-state index in [4.69, 9.17) is 14.2 Å². The van der Waals surface area contributed by atoms with E-state index in [0.29, 0.717) is 11.5 Å². The smallest absolute Gasteiger partial charge is 0.261 e. The summed E-state index contributed by atoms with van der Waals surface area (Å²) in [5.74, 6) is 1.88. The zero-order chi connectivity index (χ0) is 20.0. The summed E-state index contributed by atoms with van der Waals surface area (Å²) in [7, 11) is 3.20. The van der Waals surface area contributed by atoms with E-state index in [1.807, 2.05) is 57.2 Å². The van der Waals surface area contributed by atoms with Gasteiger partial charge < -0.3 is 19.5 Å². The highest BCUT2D eigenvalue weighted by molar-refractivity contribution is 5.81. The summed E-state index contributed by atoms with van der Waals surface area (Å²) in [5, 5.41) is 3.07. The van der Waals surface area contributed by atoms with Gasteiger partial charge in [-0.2, -0.15) is 0 Å². The molecule has 1 amide bonds. The van der Waals surface area contributed by atoms with Crippen molar-refractivity contribution >= 4 is 5.91 Å². The van der Waals surface area contributed by atoms with E-state index in [-0.39, 0.29) is 11.9 Å². The highest BCUT2D eigenvalue weighted by Crippen LogP contribution is 2.31. The molecule has 0 radical (unpaired) electrons. The second-order valence-electron chi connectivity index (χ2n) is 6.61. The first-order valence-corrected chi connectivity index (χ1v) is 9.15. The summed E-state index contributed by atoms with van der Waals surface area (Å²) in [4.78, 5) is 12.7. The lowest BCUT2D eigenvalue weighted by atomic mass is 10.0. The number of carbonyl (C=O) groups is 1. The van der Waals surface area contributed by atoms with Crippen molar-refractivity contribution in [1.29, 1.82) is 0 Å². The molecule has 0 heterocycles. The highest BCUT2D eigenvalue weighted by Gasteiger charge is 2.21. The molecule has 0 unspecified atom stereocenters. The number of hydrogen-bond donors (Lipinski definition) is 1. The summed E-state index contributed by atoms with van der Waals surface area (Å²) in [6.45, 7) is 7.76. The Hall–Kier alpha value is -2.69. The first-order chi connectivity index (χ1) is 12.9. The molecule has 0 aromatic heterocycles. The lowest BCUT2D eigenvalue weighted by molar-refractivity contribution is -0.128. The Labute approximate surface area is 161 Å². The minimum atomic E-state index is -0.598. The average molecular weight is 371 g/mol. The van der Waals surface area contributed by atoms with Crippen LogP contribution in [0.3, 0.4) is 0 Å². The Morgan fingerprint density at radius 3 is 2.33 bits per heavy atom. The van der Waals surface area contributed by atoms with E-state index in [2.05, 4.69) is 5.32 Å². The van der Waals surface area contributed by atoms with Crippen LogP contribution in [0.4, 0.5) is 0 Å². The molecule has 0 aliphatic carbocycles. The lowest BCUT2D eigenvalue weighted by Gasteiger charge is -2.22. The topological polar surface area (TPSA) is 56.8 Å². The van der Waals surface area contributed by atoms with E-state index in [0.717, 1.165) is 28.9 Å². The van der Waals surface area contributed by atoms with Crippen molar-refractivity contribution in [2.75, 3.05) is 14.2 Å². The van der Waals surface area contributed by atoms with E-state index >= 15 is 0 Å². The molecule has 146 valence electrons. The summed E-state index contributed by atoms with van der Waals surface area (Å²) in [5.41, 5.74) is 3.06. The molecule has 0 saturated carbocycles. The molecule has 0 bridgehead atoms. The molecule has 2 atom stereocenters. The second-order valence-corrected chi connectivity index (χ2v) is 6.61. The Morgan fingerprint density at radius 1 is 1.00 bits per heavy atom. The lowest BCUT2D eigenvalue weighted by Crippen LogP contribution is -2.38. The molecule has 0 aliphatic rings. The van der Waals surface area contributed by atoms with Crippen LogP contribution in [-0.4, -0.2) is 26.2 Å². The third-order valence-electron chi connectivity index (χ3n) is 4.55. The SMILES string of the molecule is CC[C@@H](NC(=O)[C@H](C)Oc1cc(C)ccc1C)c1ccc(OC)c(OC)c1. The largest absolute Gasteiger partial charge is 0.493 e. The van der Waals surface area contributed by atoms with Crippen molar-refractivity contribution in [3.05, 3.63) is 53.1 Å². The van der Waals surface area contributed by atoms with Crippen LogP contribution >= 0.6 is 0 Å². The van der Waals surface area contributed by atoms with Gasteiger partial charge in [0.2, 0.25) is 0 Å². The van der Waals surface area contributed by atoms with Gasteiger partial charge in [-0.1, -0.05) is 25.1 Å². The summed E-state index contributed by atoms with van der Waals surface area (Å²) >= 11 is 0. The predicted molar refractivity (Wildman–Crippen MR) is 107 cm³/mol. The number of amides is 1. The number of carbonyl (C=O) groups excluding carboxylic acids is 1. The summed E-state index contributed by atoms with van der Waals surface area (Å²) in [6, 6.07) is 11.5. The van der Waals surface area contributed by atoms with Crippen LogP contribution in [0.25, 0.3) is 0 Å². The maximum atomic E-state index is 12.7. The van der Waals surface area contributed by atoms with Gasteiger partial charge in [-0.3, -0.25) is 4.79 Å². The molecule has 5 heteroatoms. The van der Waals surface area contributed by atoms with Gasteiger partial charge in [0.05, 0.1) is 20.3 Å². The molecular weight excluding hydrogens is 342 g/mol. The molecular formula is C22H29NO4. The minimum absolute atomic E-state index is 0.137. The maximum absolute atomic E-state index is 12.7. The number of rotatable bonds is 8. The molecule has 2 rings (SSSR count). The molecule has 1 N–H and O–H groups in total. The van der Waals surface area contributed by atoms with Gasteiger partial charge in [0, 0.05) is 0 Å². The van der Waals surface area contributed by atoms with Gasteiger partial charge in [0.1, 0.15) is 5.75 Å². The number of benzene rings is 2. The van der Waals surface area contributed by atoms with Crippen LogP contribution in [0.2, 0.25) is 0 Å². The van der Waals surface area contributed by atoms with Crippen molar-refractivity contribution in [3.8, 4) is 17.2 Å². The van der Waals surface area contributed by atoms with Gasteiger partial charge >= 0.3 is 0 Å². The predicted octanol–water partition coefficient (Wildman–Crippen LogP) is 4.36. The van der Waals surface area contributed by atoms with Gasteiger partial charge in [-0.15, -0.1) is 0 Å². The zero-order valence-corrected chi connectivity index (χ0v) is 17.0. The molecule has 0 aliphatic heterocycles. The monoisotopic (exact) mass is 371 g/mol. The minimum Gasteiger partial charge on any atom is -0.493 e. The Kier molecular flexibility index (Phi) is 7.11. The van der Waals surface area contributed by atoms with Crippen LogP contribution in [0.5, 0.6) is 17.2 Å². The fourth-order valence-electron chi connectivity index (χ4n) is 2.86. The number of aryl methyl sites for hydroxylation is 2. The fourth-order valence-corrected chi connectivity index (χ4v) is 2.86. The summed E-state index contributed by atoms with van der Waals surface area (Å²) in [6.07, 6.45) is 0.150. The van der Waals surface area contributed by atoms with Gasteiger partial charge in [0.25, 0.3) is 5.91 Å². The van der Waals surface area contributed by atoms with Crippen molar-refractivity contribution in [3.63, 3.8) is 0 Å². The molecule has 0 saturated heterocycles. The second kappa shape index (κ2) is 9.31. The fraction of sp³-hybridized carbons (Fsp3) is 0.409. The third kappa shape index (κ3) is 5.16. The van der Waals surface area contributed by atoms with E-state index in [1.165, 1.54) is 0 Å². The molecule has 0 fully saturated rings. The van der Waals surface area contributed by atoms with Crippen LogP contribution in [0.1, 0.15) is 43.0 Å². The van der Waals surface area contributed by atoms with E-state index in [1.54, 1.807) is 21.1 Å². The van der Waals surface area contributed by atoms with Crippen molar-refractivity contribution in [2.45, 2.75) is 46.3 Å². The van der Waals surface area contributed by atoms with Crippen molar-refractivity contribution in [2.24, 2.45) is 0 Å². The van der Waals surface area contributed by atoms with Crippen LogP contribution in [0.15, 0.2) is 36.4 Å². The summed E-state index contributed by atoms with van der Waals surface area (Å²) < 4.78 is 16.5. The van der Waals surface area contributed by atoms with E-state index in [9.17, 15) is 4.79 Å². The van der Waals surface area contributed by atoms with Crippen LogP contribution in [-0.2, 0) is 4.79 Å². The van der Waals surface area contributed by atoms with Gasteiger partial charge in [-0.05, 0) is 62.1 Å². The van der Waals surface area contributed by atoms with Crippen LogP contribution in [0, 0.1) is 13.8 Å². The molecule has 0 spiro atoms. The maximum Gasteiger partial charge on any atom is 0.261 e. The molecule has 2 aromatic carbocycles. The van der Waals surface area contributed by atoms with Crippen LogP contribution < -0.4 is 19.5 Å². The highest BCUT2D eigenvalue weighted by atomic mass is 16.5.